The third-order valence-electron chi connectivity index (χ3n) is 5.02. The summed E-state index contributed by atoms with van der Waals surface area (Å²) < 4.78 is 11.2. The maximum Gasteiger partial charge on any atom is 0.239 e. The van der Waals surface area contributed by atoms with E-state index in [2.05, 4.69) is 26.2 Å². The minimum Gasteiger partial charge on any atom is -0.394 e. The highest BCUT2D eigenvalue weighted by molar-refractivity contribution is 5.86. The van der Waals surface area contributed by atoms with Gasteiger partial charge in [0.25, 0.3) is 0 Å². The van der Waals surface area contributed by atoms with Crippen molar-refractivity contribution in [1.29, 1.82) is 0 Å². The van der Waals surface area contributed by atoms with Crippen molar-refractivity contribution in [2.24, 2.45) is 0 Å². The third-order valence-corrected chi connectivity index (χ3v) is 5.02. The predicted molar refractivity (Wildman–Crippen MR) is 143 cm³/mol. The number of nitrogens with one attached hydrogen (secondary N) is 4. The molecule has 9 nitrogen and oxygen atoms in total. The lowest BCUT2D eigenvalue weighted by atomic mass is 10.2. The SMILES string of the molecule is Cl.Cl.Cl.O=C(NCCOCCO)[C@@H](COCc1ccccc1)N1CCNCCNCCNCC1. The van der Waals surface area contributed by atoms with Gasteiger partial charge in [0.15, 0.2) is 0 Å². The number of halogens is 3. The monoisotopic (exact) mass is 545 g/mol. The van der Waals surface area contributed by atoms with Gasteiger partial charge in [-0.1, -0.05) is 30.3 Å². The molecule has 0 spiro atoms. The van der Waals surface area contributed by atoms with E-state index >= 15 is 0 Å². The highest BCUT2D eigenvalue weighted by atomic mass is 35.5. The summed E-state index contributed by atoms with van der Waals surface area (Å²) in [6.07, 6.45) is 0. The Morgan fingerprint density at radius 2 is 1.50 bits per heavy atom. The van der Waals surface area contributed by atoms with Crippen LogP contribution >= 0.6 is 37.2 Å². The van der Waals surface area contributed by atoms with Crippen LogP contribution in [0, 0.1) is 0 Å². The molecule has 0 aromatic heterocycles. The van der Waals surface area contributed by atoms with Gasteiger partial charge in [0.2, 0.25) is 5.91 Å². The van der Waals surface area contributed by atoms with Gasteiger partial charge in [-0.15, -0.1) is 37.2 Å². The standard InChI is InChI=1S/C22H39N5O4.3ClH/c28-15-17-30-16-12-26-22(29)21(19-31-18-20-4-2-1-3-5-20)27-13-10-24-8-6-23-7-9-25-11-14-27;;;/h1-5,21,23-25,28H,6-19H2,(H,26,29);3*1H/t21-;;;/m1.../s1. The highest BCUT2D eigenvalue weighted by Crippen LogP contribution is 2.05. The second-order valence-electron chi connectivity index (χ2n) is 7.43. The number of nitrogens with zero attached hydrogens (tertiary/aromatic N) is 1. The Balaban J connectivity index is 0. The summed E-state index contributed by atoms with van der Waals surface area (Å²) in [6.45, 7) is 8.63. The van der Waals surface area contributed by atoms with Crippen LogP contribution in [0.4, 0.5) is 0 Å². The first-order valence-corrected chi connectivity index (χ1v) is 11.3. The fraction of sp³-hybridized carbons (Fsp3) is 0.682. The number of aliphatic hydroxyl groups is 1. The van der Waals surface area contributed by atoms with Crippen LogP contribution in [-0.2, 0) is 20.9 Å². The Hall–Kier alpha value is -0.720. The molecule has 200 valence electrons. The number of ether oxygens (including phenoxy) is 2. The van der Waals surface area contributed by atoms with Crippen molar-refractivity contribution in [3.05, 3.63) is 35.9 Å². The summed E-state index contributed by atoms with van der Waals surface area (Å²) in [6, 6.07) is 9.60. The molecule has 1 aromatic rings. The average molecular weight is 547 g/mol. The molecule has 1 saturated heterocycles. The van der Waals surface area contributed by atoms with E-state index in [9.17, 15) is 4.79 Å². The summed E-state index contributed by atoms with van der Waals surface area (Å²) in [5, 5.41) is 22.0. The fourth-order valence-corrected chi connectivity index (χ4v) is 3.34. The van der Waals surface area contributed by atoms with Gasteiger partial charge in [0.1, 0.15) is 6.04 Å². The number of carbonyl (C=O) groups is 1. The summed E-state index contributed by atoms with van der Waals surface area (Å²) >= 11 is 0. The van der Waals surface area contributed by atoms with E-state index < -0.39 is 0 Å². The minimum absolute atomic E-state index is 0. The van der Waals surface area contributed by atoms with Crippen molar-refractivity contribution in [3.63, 3.8) is 0 Å². The number of rotatable bonds is 11. The Bertz CT molecular complexity index is 581. The molecule has 0 aliphatic carbocycles. The number of hydrogen-bond donors (Lipinski definition) is 5. The molecule has 0 unspecified atom stereocenters. The van der Waals surface area contributed by atoms with Crippen LogP contribution in [0.5, 0.6) is 0 Å². The summed E-state index contributed by atoms with van der Waals surface area (Å²) in [5.41, 5.74) is 1.09. The van der Waals surface area contributed by atoms with E-state index in [4.69, 9.17) is 14.6 Å². The molecule has 1 fully saturated rings. The molecule has 1 atom stereocenters. The number of aliphatic hydroxyl groups excluding tert-OH is 1. The Morgan fingerprint density at radius 3 is 2.09 bits per heavy atom. The van der Waals surface area contributed by atoms with Gasteiger partial charge in [-0.3, -0.25) is 9.69 Å². The molecule has 1 aliphatic heterocycles. The van der Waals surface area contributed by atoms with Crippen LogP contribution < -0.4 is 21.3 Å². The second kappa shape index (κ2) is 24.0. The molecule has 1 heterocycles. The molecule has 1 aliphatic rings. The molecular formula is C22H42Cl3N5O4. The van der Waals surface area contributed by atoms with Crippen molar-refractivity contribution < 1.29 is 19.4 Å². The van der Waals surface area contributed by atoms with Gasteiger partial charge >= 0.3 is 0 Å². The maximum absolute atomic E-state index is 13.0. The van der Waals surface area contributed by atoms with Crippen molar-refractivity contribution in [2.75, 3.05) is 85.3 Å². The van der Waals surface area contributed by atoms with Crippen molar-refractivity contribution in [3.8, 4) is 0 Å². The first kappa shape index (κ1) is 35.4. The van der Waals surface area contributed by atoms with Gasteiger partial charge in [-0.25, -0.2) is 0 Å². The number of amides is 1. The minimum atomic E-state index is -0.383. The average Bonchev–Trinajstić information content (AvgIpc) is 2.78. The molecule has 1 aromatic carbocycles. The normalized spacial score (nSPS) is 16.4. The van der Waals surface area contributed by atoms with Crippen LogP contribution in [-0.4, -0.2) is 107 Å². The molecule has 5 N–H and O–H groups in total. The number of benzene rings is 1. The van der Waals surface area contributed by atoms with E-state index in [-0.39, 0.29) is 62.4 Å². The van der Waals surface area contributed by atoms with Crippen molar-refractivity contribution in [2.45, 2.75) is 12.6 Å². The van der Waals surface area contributed by atoms with E-state index in [1.165, 1.54) is 0 Å². The number of carbonyl (C=O) groups excluding carboxylic acids is 1. The largest absolute Gasteiger partial charge is 0.394 e. The van der Waals surface area contributed by atoms with Crippen molar-refractivity contribution in [1.82, 2.24) is 26.2 Å². The zero-order chi connectivity index (χ0) is 22.0. The summed E-state index contributed by atoms with van der Waals surface area (Å²) in [5.74, 6) is -0.0607. The van der Waals surface area contributed by atoms with Gasteiger partial charge in [-0.05, 0) is 5.56 Å². The zero-order valence-electron chi connectivity index (χ0n) is 19.7. The lowest BCUT2D eigenvalue weighted by Crippen LogP contribution is -2.54. The molecule has 0 radical (unpaired) electrons. The zero-order valence-corrected chi connectivity index (χ0v) is 22.2. The topological polar surface area (TPSA) is 107 Å². The smallest absolute Gasteiger partial charge is 0.239 e. The number of hydrogen-bond acceptors (Lipinski definition) is 8. The quantitative estimate of drug-likeness (QED) is 0.248. The Labute approximate surface area is 222 Å². The molecule has 0 saturated carbocycles. The summed E-state index contributed by atoms with van der Waals surface area (Å²) in [4.78, 5) is 15.2. The van der Waals surface area contributed by atoms with Crippen LogP contribution in [0.2, 0.25) is 0 Å². The molecular weight excluding hydrogens is 505 g/mol. The first-order chi connectivity index (χ1) is 15.3. The lowest BCUT2D eigenvalue weighted by Gasteiger charge is -2.31. The van der Waals surface area contributed by atoms with Crippen LogP contribution in [0.25, 0.3) is 0 Å². The predicted octanol–water partition coefficient (Wildman–Crippen LogP) is 0.0467. The van der Waals surface area contributed by atoms with E-state index in [1.54, 1.807) is 0 Å². The summed E-state index contributed by atoms with van der Waals surface area (Å²) in [7, 11) is 0. The first-order valence-electron chi connectivity index (χ1n) is 11.3. The van der Waals surface area contributed by atoms with Gasteiger partial charge in [0, 0.05) is 58.9 Å². The molecule has 0 bridgehead atoms. The van der Waals surface area contributed by atoms with Gasteiger partial charge in [-0.2, -0.15) is 0 Å². The van der Waals surface area contributed by atoms with Crippen molar-refractivity contribution >= 4 is 43.1 Å². The third kappa shape index (κ3) is 16.0. The van der Waals surface area contributed by atoms with E-state index in [0.29, 0.717) is 26.4 Å². The molecule has 12 heteroatoms. The highest BCUT2D eigenvalue weighted by Gasteiger charge is 2.25. The second-order valence-corrected chi connectivity index (χ2v) is 7.43. The fourth-order valence-electron chi connectivity index (χ4n) is 3.34. The molecule has 2 rings (SSSR count). The van der Waals surface area contributed by atoms with Crippen LogP contribution in [0.1, 0.15) is 5.56 Å². The maximum atomic E-state index is 13.0. The Morgan fingerprint density at radius 1 is 0.912 bits per heavy atom. The van der Waals surface area contributed by atoms with Gasteiger partial charge < -0.3 is 35.8 Å². The van der Waals surface area contributed by atoms with Gasteiger partial charge in [0.05, 0.1) is 33.0 Å². The van der Waals surface area contributed by atoms with Crippen LogP contribution in [0.15, 0.2) is 30.3 Å². The Kier molecular flexibility index (Phi) is 25.0. The molecule has 34 heavy (non-hydrogen) atoms. The lowest BCUT2D eigenvalue weighted by molar-refractivity contribution is -0.129. The molecule has 1 amide bonds. The van der Waals surface area contributed by atoms with Crippen LogP contribution in [0.3, 0.4) is 0 Å². The van der Waals surface area contributed by atoms with E-state index in [0.717, 1.165) is 57.9 Å². The van der Waals surface area contributed by atoms with E-state index in [1.807, 2.05) is 30.3 Å².